The maximum absolute atomic E-state index is 5.73. The van der Waals surface area contributed by atoms with Gasteiger partial charge in [-0.15, -0.1) is 0 Å². The minimum Gasteiger partial charge on any atom is -0.330 e. The minimum absolute atomic E-state index is 0.533. The van der Waals surface area contributed by atoms with Crippen LogP contribution in [-0.2, 0) is 0 Å². The Bertz CT molecular complexity index is 342. The molecule has 3 heteroatoms. The van der Waals surface area contributed by atoms with Crippen LogP contribution >= 0.6 is 22.6 Å². The van der Waals surface area contributed by atoms with Crippen LogP contribution in [0.15, 0.2) is 24.3 Å². The van der Waals surface area contributed by atoms with Crippen molar-refractivity contribution in [1.82, 2.24) is 4.90 Å². The number of benzene rings is 1. The van der Waals surface area contributed by atoms with Gasteiger partial charge in [-0.25, -0.2) is 0 Å². The average molecular weight is 344 g/mol. The van der Waals surface area contributed by atoms with Crippen molar-refractivity contribution in [3.05, 3.63) is 33.4 Å². The lowest BCUT2D eigenvalue weighted by atomic mass is 9.95. The SMILES string of the molecule is CC(c1ccc(I)cc1)N1CCC(CN)CC1. The maximum Gasteiger partial charge on any atom is 0.0319 e. The fraction of sp³-hybridized carbons (Fsp3) is 0.571. The number of hydrogen-bond acceptors (Lipinski definition) is 2. The third kappa shape index (κ3) is 3.42. The topological polar surface area (TPSA) is 29.3 Å². The van der Waals surface area contributed by atoms with Crippen molar-refractivity contribution in [3.63, 3.8) is 0 Å². The number of likely N-dealkylation sites (tertiary alicyclic amines) is 1. The Morgan fingerprint density at radius 2 is 1.88 bits per heavy atom. The summed E-state index contributed by atoms with van der Waals surface area (Å²) in [7, 11) is 0. The lowest BCUT2D eigenvalue weighted by molar-refractivity contribution is 0.143. The van der Waals surface area contributed by atoms with Gasteiger partial charge in [0.1, 0.15) is 0 Å². The number of piperidine rings is 1. The predicted octanol–water partition coefficient (Wildman–Crippen LogP) is 3.02. The number of nitrogens with two attached hydrogens (primary N) is 1. The minimum atomic E-state index is 0.533. The molecule has 1 atom stereocenters. The number of nitrogens with zero attached hydrogens (tertiary/aromatic N) is 1. The molecule has 1 heterocycles. The second kappa shape index (κ2) is 6.16. The van der Waals surface area contributed by atoms with Crippen molar-refractivity contribution in [3.8, 4) is 0 Å². The molecule has 1 unspecified atom stereocenters. The molecule has 0 bridgehead atoms. The third-order valence-electron chi connectivity index (χ3n) is 3.88. The largest absolute Gasteiger partial charge is 0.330 e. The molecule has 0 saturated carbocycles. The smallest absolute Gasteiger partial charge is 0.0319 e. The predicted molar refractivity (Wildman–Crippen MR) is 80.9 cm³/mol. The van der Waals surface area contributed by atoms with Crippen molar-refractivity contribution < 1.29 is 0 Å². The Morgan fingerprint density at radius 1 is 1.29 bits per heavy atom. The number of hydrogen-bond donors (Lipinski definition) is 1. The molecule has 2 nitrogen and oxygen atoms in total. The zero-order valence-electron chi connectivity index (χ0n) is 10.4. The summed E-state index contributed by atoms with van der Waals surface area (Å²) < 4.78 is 1.31. The summed E-state index contributed by atoms with van der Waals surface area (Å²) in [5.41, 5.74) is 7.16. The molecule has 1 aromatic rings. The molecule has 2 rings (SSSR count). The van der Waals surface area contributed by atoms with Gasteiger partial charge in [0.05, 0.1) is 0 Å². The molecule has 0 spiro atoms. The molecule has 17 heavy (non-hydrogen) atoms. The third-order valence-corrected chi connectivity index (χ3v) is 4.60. The van der Waals surface area contributed by atoms with Gasteiger partial charge in [-0.2, -0.15) is 0 Å². The Labute approximate surface area is 118 Å². The molecule has 1 saturated heterocycles. The van der Waals surface area contributed by atoms with E-state index in [1.54, 1.807) is 0 Å². The van der Waals surface area contributed by atoms with Crippen LogP contribution in [-0.4, -0.2) is 24.5 Å². The molecular weight excluding hydrogens is 323 g/mol. The zero-order chi connectivity index (χ0) is 12.3. The van der Waals surface area contributed by atoms with Crippen LogP contribution in [0.1, 0.15) is 31.4 Å². The Morgan fingerprint density at radius 3 is 2.41 bits per heavy atom. The van der Waals surface area contributed by atoms with Crippen molar-refractivity contribution in [1.29, 1.82) is 0 Å². The van der Waals surface area contributed by atoms with Gasteiger partial charge in [-0.1, -0.05) is 12.1 Å². The van der Waals surface area contributed by atoms with Crippen LogP contribution in [0.5, 0.6) is 0 Å². The quantitative estimate of drug-likeness (QED) is 0.854. The first kappa shape index (κ1) is 13.3. The van der Waals surface area contributed by atoms with E-state index >= 15 is 0 Å². The standard InChI is InChI=1S/C14H21IN2/c1-11(13-2-4-14(15)5-3-13)17-8-6-12(10-16)7-9-17/h2-5,11-12H,6-10,16H2,1H3. The van der Waals surface area contributed by atoms with Gasteiger partial charge in [0.2, 0.25) is 0 Å². The molecule has 0 amide bonds. The van der Waals surface area contributed by atoms with Crippen LogP contribution in [0, 0.1) is 9.49 Å². The summed E-state index contributed by atoms with van der Waals surface area (Å²) in [6.07, 6.45) is 2.51. The van der Waals surface area contributed by atoms with Crippen LogP contribution in [0.4, 0.5) is 0 Å². The first-order valence-electron chi connectivity index (χ1n) is 6.40. The summed E-state index contributed by atoms with van der Waals surface area (Å²) in [6, 6.07) is 9.42. The van der Waals surface area contributed by atoms with Crippen LogP contribution in [0.2, 0.25) is 0 Å². The van der Waals surface area contributed by atoms with E-state index in [2.05, 4.69) is 58.7 Å². The fourth-order valence-electron chi connectivity index (χ4n) is 2.53. The fourth-order valence-corrected chi connectivity index (χ4v) is 2.89. The highest BCUT2D eigenvalue weighted by molar-refractivity contribution is 14.1. The van der Waals surface area contributed by atoms with E-state index in [9.17, 15) is 0 Å². The summed E-state index contributed by atoms with van der Waals surface area (Å²) in [4.78, 5) is 2.58. The highest BCUT2D eigenvalue weighted by Crippen LogP contribution is 2.26. The average Bonchev–Trinajstić information content (AvgIpc) is 2.39. The van der Waals surface area contributed by atoms with Gasteiger partial charge in [0.25, 0.3) is 0 Å². The zero-order valence-corrected chi connectivity index (χ0v) is 12.6. The molecule has 1 aliphatic rings. The van der Waals surface area contributed by atoms with Crippen LogP contribution < -0.4 is 5.73 Å². The highest BCUT2D eigenvalue weighted by Gasteiger charge is 2.22. The van der Waals surface area contributed by atoms with Crippen molar-refractivity contribution >= 4 is 22.6 Å². The van der Waals surface area contributed by atoms with Gasteiger partial charge in [-0.3, -0.25) is 4.90 Å². The van der Waals surface area contributed by atoms with Crippen LogP contribution in [0.3, 0.4) is 0 Å². The second-order valence-electron chi connectivity index (χ2n) is 4.94. The van der Waals surface area contributed by atoms with Gasteiger partial charge in [-0.05, 0) is 85.6 Å². The van der Waals surface area contributed by atoms with Gasteiger partial charge < -0.3 is 5.73 Å². The summed E-state index contributed by atoms with van der Waals surface area (Å²) in [5.74, 6) is 0.746. The van der Waals surface area contributed by atoms with Gasteiger partial charge >= 0.3 is 0 Å². The summed E-state index contributed by atoms with van der Waals surface area (Å²) >= 11 is 2.35. The molecular formula is C14H21IN2. The second-order valence-corrected chi connectivity index (χ2v) is 6.19. The Kier molecular flexibility index (Phi) is 4.82. The van der Waals surface area contributed by atoms with E-state index in [1.807, 2.05) is 0 Å². The van der Waals surface area contributed by atoms with E-state index in [1.165, 1.54) is 35.1 Å². The molecule has 2 N–H and O–H groups in total. The highest BCUT2D eigenvalue weighted by atomic mass is 127. The molecule has 1 aromatic carbocycles. The molecule has 94 valence electrons. The Hall–Kier alpha value is -0.130. The summed E-state index contributed by atoms with van der Waals surface area (Å²) in [6.45, 7) is 5.54. The van der Waals surface area contributed by atoms with Crippen molar-refractivity contribution in [2.24, 2.45) is 11.7 Å². The molecule has 0 aromatic heterocycles. The lowest BCUT2D eigenvalue weighted by Crippen LogP contribution is -2.37. The van der Waals surface area contributed by atoms with E-state index in [-0.39, 0.29) is 0 Å². The van der Waals surface area contributed by atoms with E-state index in [0.29, 0.717) is 6.04 Å². The first-order chi connectivity index (χ1) is 8.20. The van der Waals surface area contributed by atoms with E-state index < -0.39 is 0 Å². The normalized spacial score (nSPS) is 20.4. The summed E-state index contributed by atoms with van der Waals surface area (Å²) in [5, 5.41) is 0. The van der Waals surface area contributed by atoms with E-state index in [4.69, 9.17) is 5.73 Å². The van der Waals surface area contributed by atoms with Crippen molar-refractivity contribution in [2.45, 2.75) is 25.8 Å². The first-order valence-corrected chi connectivity index (χ1v) is 7.48. The van der Waals surface area contributed by atoms with E-state index in [0.717, 1.165) is 12.5 Å². The molecule has 1 fully saturated rings. The maximum atomic E-state index is 5.73. The molecule has 1 aliphatic heterocycles. The van der Waals surface area contributed by atoms with Gasteiger partial charge in [0, 0.05) is 9.61 Å². The van der Waals surface area contributed by atoms with Crippen LogP contribution in [0.25, 0.3) is 0 Å². The monoisotopic (exact) mass is 344 g/mol. The molecule has 0 aliphatic carbocycles. The van der Waals surface area contributed by atoms with Crippen molar-refractivity contribution in [2.75, 3.05) is 19.6 Å². The number of rotatable bonds is 3. The number of halogens is 1. The molecule has 0 radical (unpaired) electrons. The van der Waals surface area contributed by atoms with Gasteiger partial charge in [0.15, 0.2) is 0 Å². The lowest BCUT2D eigenvalue weighted by Gasteiger charge is -2.35. The Balaban J connectivity index is 1.96.